The number of nitrogens with zero attached hydrogens (tertiary/aromatic N) is 1. The van der Waals surface area contributed by atoms with Crippen molar-refractivity contribution in [2.24, 2.45) is 5.41 Å². The summed E-state index contributed by atoms with van der Waals surface area (Å²) >= 11 is 0. The van der Waals surface area contributed by atoms with Crippen LogP contribution >= 0.6 is 0 Å². The highest BCUT2D eigenvalue weighted by molar-refractivity contribution is 4.93. The number of ether oxygens (including phenoxy) is 1. The molecule has 3 heteroatoms. The summed E-state index contributed by atoms with van der Waals surface area (Å²) in [4.78, 5) is 2.77. The van der Waals surface area contributed by atoms with Crippen LogP contribution in [0.15, 0.2) is 0 Å². The van der Waals surface area contributed by atoms with E-state index in [0.717, 1.165) is 38.4 Å². The van der Waals surface area contributed by atoms with E-state index in [2.05, 4.69) is 31.0 Å². The lowest BCUT2D eigenvalue weighted by Crippen LogP contribution is -2.51. The summed E-state index contributed by atoms with van der Waals surface area (Å²) in [6.45, 7) is 12.2. The van der Waals surface area contributed by atoms with Gasteiger partial charge in [0.05, 0.1) is 6.61 Å². The maximum atomic E-state index is 5.83. The van der Waals surface area contributed by atoms with Crippen molar-refractivity contribution in [3.8, 4) is 0 Å². The Balaban J connectivity index is 2.01. The molecule has 2 aliphatic rings. The Bertz CT molecular complexity index is 263. The highest BCUT2D eigenvalue weighted by Gasteiger charge is 2.39. The fourth-order valence-electron chi connectivity index (χ4n) is 3.86. The second-order valence-corrected chi connectivity index (χ2v) is 6.60. The van der Waals surface area contributed by atoms with E-state index < -0.39 is 0 Å². The van der Waals surface area contributed by atoms with Gasteiger partial charge in [-0.2, -0.15) is 0 Å². The first kappa shape index (κ1) is 15.3. The average molecular weight is 268 g/mol. The molecule has 1 N–H and O–H groups in total. The minimum Gasteiger partial charge on any atom is -0.381 e. The molecule has 2 saturated heterocycles. The normalized spacial score (nSPS) is 36.8. The zero-order valence-electron chi connectivity index (χ0n) is 13.1. The molecule has 0 spiro atoms. The summed E-state index contributed by atoms with van der Waals surface area (Å²) in [6, 6.07) is 1.56. The van der Waals surface area contributed by atoms with Gasteiger partial charge in [-0.1, -0.05) is 13.8 Å². The van der Waals surface area contributed by atoms with E-state index in [1.807, 2.05) is 0 Å². The van der Waals surface area contributed by atoms with Gasteiger partial charge in [-0.05, 0) is 45.6 Å². The van der Waals surface area contributed by atoms with Crippen molar-refractivity contribution in [3.63, 3.8) is 0 Å². The van der Waals surface area contributed by atoms with Crippen LogP contribution in [-0.2, 0) is 4.74 Å². The van der Waals surface area contributed by atoms with Crippen molar-refractivity contribution in [3.05, 3.63) is 0 Å². The summed E-state index contributed by atoms with van der Waals surface area (Å²) in [7, 11) is 0. The van der Waals surface area contributed by atoms with Crippen molar-refractivity contribution in [2.75, 3.05) is 32.8 Å². The molecule has 0 aromatic carbocycles. The Labute approximate surface area is 119 Å². The topological polar surface area (TPSA) is 24.5 Å². The number of hydrogen-bond donors (Lipinski definition) is 1. The van der Waals surface area contributed by atoms with Gasteiger partial charge in [0.1, 0.15) is 0 Å². The van der Waals surface area contributed by atoms with Crippen LogP contribution in [0.1, 0.15) is 52.9 Å². The third kappa shape index (κ3) is 3.71. The van der Waals surface area contributed by atoms with Gasteiger partial charge in [0.2, 0.25) is 0 Å². The second kappa shape index (κ2) is 7.05. The van der Waals surface area contributed by atoms with Gasteiger partial charge in [-0.3, -0.25) is 4.90 Å². The maximum Gasteiger partial charge on any atom is 0.0546 e. The number of nitrogens with one attached hydrogen (secondary N) is 1. The second-order valence-electron chi connectivity index (χ2n) is 6.60. The van der Waals surface area contributed by atoms with Gasteiger partial charge >= 0.3 is 0 Å². The zero-order chi connectivity index (χ0) is 13.7. The standard InChI is InChI=1S/C16H32N2O/c1-4-15-8-7-14(3)18(15)12-16(11-17-5-2)9-6-10-19-13-16/h14-15,17H,4-13H2,1-3H3. The molecule has 0 aromatic heterocycles. The van der Waals surface area contributed by atoms with Crippen LogP contribution in [0, 0.1) is 5.41 Å². The van der Waals surface area contributed by atoms with E-state index in [-0.39, 0.29) is 0 Å². The molecule has 2 rings (SSSR count). The Morgan fingerprint density at radius 1 is 1.32 bits per heavy atom. The van der Waals surface area contributed by atoms with Crippen LogP contribution in [-0.4, -0.2) is 49.8 Å². The van der Waals surface area contributed by atoms with Gasteiger partial charge in [0, 0.05) is 37.2 Å². The fourth-order valence-corrected chi connectivity index (χ4v) is 3.86. The quantitative estimate of drug-likeness (QED) is 0.801. The Hall–Kier alpha value is -0.120. The Morgan fingerprint density at radius 3 is 2.79 bits per heavy atom. The van der Waals surface area contributed by atoms with Crippen LogP contribution in [0.25, 0.3) is 0 Å². The number of hydrogen-bond acceptors (Lipinski definition) is 3. The van der Waals surface area contributed by atoms with Gasteiger partial charge in [-0.25, -0.2) is 0 Å². The van der Waals surface area contributed by atoms with E-state index in [1.54, 1.807) is 0 Å². The van der Waals surface area contributed by atoms with Crippen LogP contribution in [0.3, 0.4) is 0 Å². The van der Waals surface area contributed by atoms with Gasteiger partial charge in [0.25, 0.3) is 0 Å². The first-order valence-electron chi connectivity index (χ1n) is 8.25. The highest BCUT2D eigenvalue weighted by Crippen LogP contribution is 2.34. The summed E-state index contributed by atoms with van der Waals surface area (Å²) in [5.74, 6) is 0. The molecule has 3 atom stereocenters. The molecule has 0 radical (unpaired) electrons. The molecule has 2 heterocycles. The molecule has 3 nitrogen and oxygen atoms in total. The summed E-state index contributed by atoms with van der Waals surface area (Å²) < 4.78 is 5.83. The SMILES string of the molecule is CCNCC1(CN2C(C)CCC2CC)CCCOC1. The van der Waals surface area contributed by atoms with Gasteiger partial charge in [0.15, 0.2) is 0 Å². The Kier molecular flexibility index (Phi) is 5.67. The molecule has 0 aliphatic carbocycles. The van der Waals surface area contributed by atoms with Crippen molar-refractivity contribution >= 4 is 0 Å². The molecule has 0 aromatic rings. The molecule has 19 heavy (non-hydrogen) atoms. The third-order valence-corrected chi connectivity index (χ3v) is 5.10. The summed E-state index contributed by atoms with van der Waals surface area (Å²) in [5.41, 5.74) is 0.348. The van der Waals surface area contributed by atoms with Crippen LogP contribution < -0.4 is 5.32 Å². The predicted molar refractivity (Wildman–Crippen MR) is 80.5 cm³/mol. The van der Waals surface area contributed by atoms with Crippen LogP contribution in [0.2, 0.25) is 0 Å². The largest absolute Gasteiger partial charge is 0.381 e. The van der Waals surface area contributed by atoms with Crippen LogP contribution in [0.4, 0.5) is 0 Å². The molecular formula is C16H32N2O. The molecule has 0 bridgehead atoms. The first-order chi connectivity index (χ1) is 9.21. The minimum absolute atomic E-state index is 0.348. The fraction of sp³-hybridized carbons (Fsp3) is 1.00. The molecule has 112 valence electrons. The molecular weight excluding hydrogens is 236 g/mol. The molecule has 0 amide bonds. The molecule has 3 unspecified atom stereocenters. The summed E-state index contributed by atoms with van der Waals surface area (Å²) in [5, 5.41) is 3.57. The molecule has 2 fully saturated rings. The lowest BCUT2D eigenvalue weighted by atomic mass is 9.81. The van der Waals surface area contributed by atoms with E-state index in [0.29, 0.717) is 5.41 Å². The maximum absolute atomic E-state index is 5.83. The smallest absolute Gasteiger partial charge is 0.0546 e. The van der Waals surface area contributed by atoms with E-state index >= 15 is 0 Å². The summed E-state index contributed by atoms with van der Waals surface area (Å²) in [6.07, 6.45) is 6.60. The Morgan fingerprint density at radius 2 is 2.16 bits per heavy atom. The van der Waals surface area contributed by atoms with Crippen molar-refractivity contribution in [1.29, 1.82) is 0 Å². The van der Waals surface area contributed by atoms with E-state index in [9.17, 15) is 0 Å². The minimum atomic E-state index is 0.348. The van der Waals surface area contributed by atoms with Crippen molar-refractivity contribution in [1.82, 2.24) is 10.2 Å². The molecule has 2 aliphatic heterocycles. The lowest BCUT2D eigenvalue weighted by Gasteiger charge is -2.43. The monoisotopic (exact) mass is 268 g/mol. The average Bonchev–Trinajstić information content (AvgIpc) is 2.78. The number of rotatable bonds is 6. The zero-order valence-corrected chi connectivity index (χ0v) is 13.1. The highest BCUT2D eigenvalue weighted by atomic mass is 16.5. The van der Waals surface area contributed by atoms with Crippen molar-refractivity contribution in [2.45, 2.75) is 65.0 Å². The molecule has 0 saturated carbocycles. The number of likely N-dealkylation sites (tertiary alicyclic amines) is 1. The lowest BCUT2D eigenvalue weighted by molar-refractivity contribution is -0.0333. The van der Waals surface area contributed by atoms with Gasteiger partial charge in [-0.15, -0.1) is 0 Å². The third-order valence-electron chi connectivity index (χ3n) is 5.10. The van der Waals surface area contributed by atoms with Gasteiger partial charge < -0.3 is 10.1 Å². The first-order valence-corrected chi connectivity index (χ1v) is 8.25. The predicted octanol–water partition coefficient (Wildman–Crippen LogP) is 2.66. The van der Waals surface area contributed by atoms with Crippen LogP contribution in [0.5, 0.6) is 0 Å². The van der Waals surface area contributed by atoms with E-state index in [1.165, 1.54) is 38.6 Å². The van der Waals surface area contributed by atoms with Crippen molar-refractivity contribution < 1.29 is 4.74 Å². The van der Waals surface area contributed by atoms with E-state index in [4.69, 9.17) is 4.74 Å².